The zero-order chi connectivity index (χ0) is 9.97. The minimum atomic E-state index is -0.892. The van der Waals surface area contributed by atoms with Crippen molar-refractivity contribution in [1.29, 1.82) is 0 Å². The number of ether oxygens (including phenoxy) is 1. The summed E-state index contributed by atoms with van der Waals surface area (Å²) in [4.78, 5) is 10.0. The SMILES string of the molecule is O=COCc1cccc2c1B(O)OC2. The fraction of sp³-hybridized carbons (Fsp3) is 0.222. The molecule has 0 aliphatic carbocycles. The number of carbonyl (C=O) groups is 1. The van der Waals surface area contributed by atoms with Gasteiger partial charge in [0.1, 0.15) is 6.61 Å². The first-order chi connectivity index (χ1) is 6.83. The van der Waals surface area contributed by atoms with Crippen LogP contribution >= 0.6 is 0 Å². The largest absolute Gasteiger partial charge is 0.492 e. The number of carbonyl (C=O) groups excluding carboxylic acids is 1. The van der Waals surface area contributed by atoms with E-state index in [-0.39, 0.29) is 6.61 Å². The fourth-order valence-corrected chi connectivity index (χ4v) is 1.61. The molecule has 1 aromatic rings. The van der Waals surface area contributed by atoms with Gasteiger partial charge in [-0.1, -0.05) is 18.2 Å². The minimum absolute atomic E-state index is 0.174. The van der Waals surface area contributed by atoms with E-state index in [0.29, 0.717) is 13.1 Å². The number of rotatable bonds is 3. The second-order valence-electron chi connectivity index (χ2n) is 3.06. The molecule has 1 N–H and O–H groups in total. The smallest absolute Gasteiger partial charge is 0.463 e. The topological polar surface area (TPSA) is 55.8 Å². The highest BCUT2D eigenvalue weighted by Crippen LogP contribution is 2.12. The molecule has 0 amide bonds. The van der Waals surface area contributed by atoms with Gasteiger partial charge in [0.05, 0.1) is 6.61 Å². The molecule has 1 aliphatic heterocycles. The first-order valence-electron chi connectivity index (χ1n) is 4.28. The number of fused-ring (bicyclic) bond motifs is 1. The maximum atomic E-state index is 10.0. The third-order valence-corrected chi connectivity index (χ3v) is 2.24. The van der Waals surface area contributed by atoms with Crippen molar-refractivity contribution in [2.75, 3.05) is 0 Å². The van der Waals surface area contributed by atoms with Crippen LogP contribution in [-0.2, 0) is 27.4 Å². The minimum Gasteiger partial charge on any atom is -0.463 e. The fourth-order valence-electron chi connectivity index (χ4n) is 1.61. The van der Waals surface area contributed by atoms with Crippen molar-refractivity contribution in [1.82, 2.24) is 0 Å². The van der Waals surface area contributed by atoms with Crippen LogP contribution in [0.15, 0.2) is 18.2 Å². The molecule has 14 heavy (non-hydrogen) atoms. The van der Waals surface area contributed by atoms with Crippen LogP contribution in [0.3, 0.4) is 0 Å². The highest BCUT2D eigenvalue weighted by Gasteiger charge is 2.29. The van der Waals surface area contributed by atoms with E-state index in [0.717, 1.165) is 16.6 Å². The quantitative estimate of drug-likeness (QED) is 0.521. The molecule has 0 aromatic heterocycles. The van der Waals surface area contributed by atoms with Gasteiger partial charge in [0.2, 0.25) is 0 Å². The molecule has 0 radical (unpaired) electrons. The van der Waals surface area contributed by atoms with Crippen molar-refractivity contribution in [3.63, 3.8) is 0 Å². The number of hydrogen-bond donors (Lipinski definition) is 1. The lowest BCUT2D eigenvalue weighted by Crippen LogP contribution is -2.31. The Morgan fingerprint density at radius 2 is 2.50 bits per heavy atom. The first kappa shape index (κ1) is 9.24. The second-order valence-corrected chi connectivity index (χ2v) is 3.06. The summed E-state index contributed by atoms with van der Waals surface area (Å²) in [6, 6.07) is 5.54. The van der Waals surface area contributed by atoms with Crippen LogP contribution in [-0.4, -0.2) is 18.6 Å². The van der Waals surface area contributed by atoms with Gasteiger partial charge in [-0.3, -0.25) is 4.79 Å². The van der Waals surface area contributed by atoms with E-state index in [2.05, 4.69) is 4.74 Å². The normalized spacial score (nSPS) is 13.9. The van der Waals surface area contributed by atoms with E-state index in [4.69, 9.17) is 4.65 Å². The monoisotopic (exact) mass is 192 g/mol. The Labute approximate surface area is 81.6 Å². The third kappa shape index (κ3) is 1.52. The van der Waals surface area contributed by atoms with Crippen LogP contribution in [0.1, 0.15) is 11.1 Å². The molecule has 0 bridgehead atoms. The lowest BCUT2D eigenvalue weighted by molar-refractivity contribution is -0.129. The third-order valence-electron chi connectivity index (χ3n) is 2.24. The van der Waals surface area contributed by atoms with E-state index in [1.54, 1.807) is 6.07 Å². The van der Waals surface area contributed by atoms with Gasteiger partial charge in [0.25, 0.3) is 6.47 Å². The van der Waals surface area contributed by atoms with E-state index in [1.165, 1.54) is 0 Å². The Kier molecular flexibility index (Phi) is 2.52. The molecule has 0 atom stereocenters. The zero-order valence-corrected chi connectivity index (χ0v) is 7.47. The van der Waals surface area contributed by atoms with Gasteiger partial charge in [-0.25, -0.2) is 0 Å². The molecule has 0 saturated carbocycles. The summed E-state index contributed by atoms with van der Waals surface area (Å²) in [7, 11) is -0.892. The van der Waals surface area contributed by atoms with Gasteiger partial charge >= 0.3 is 7.12 Å². The van der Waals surface area contributed by atoms with Gasteiger partial charge in [0, 0.05) is 0 Å². The van der Waals surface area contributed by atoms with Crippen LogP contribution in [0.5, 0.6) is 0 Å². The van der Waals surface area contributed by atoms with Crippen molar-refractivity contribution >= 4 is 19.1 Å². The lowest BCUT2D eigenvalue weighted by Gasteiger charge is -2.06. The summed E-state index contributed by atoms with van der Waals surface area (Å²) in [5, 5.41) is 9.50. The Balaban J connectivity index is 2.31. The number of benzene rings is 1. The Morgan fingerprint density at radius 1 is 1.64 bits per heavy atom. The average Bonchev–Trinajstić information content (AvgIpc) is 2.58. The molecule has 0 saturated heterocycles. The molecule has 0 spiro atoms. The highest BCUT2D eigenvalue weighted by atomic mass is 16.5. The predicted octanol–water partition coefficient (Wildman–Crippen LogP) is -0.423. The molecule has 1 aliphatic rings. The van der Waals surface area contributed by atoms with Gasteiger partial charge in [-0.15, -0.1) is 0 Å². The first-order valence-corrected chi connectivity index (χ1v) is 4.28. The van der Waals surface area contributed by atoms with E-state index >= 15 is 0 Å². The predicted molar refractivity (Wildman–Crippen MR) is 49.7 cm³/mol. The van der Waals surface area contributed by atoms with Crippen LogP contribution < -0.4 is 5.46 Å². The second kappa shape index (κ2) is 3.81. The maximum absolute atomic E-state index is 10.0. The van der Waals surface area contributed by atoms with Gasteiger partial charge in [-0.2, -0.15) is 0 Å². The summed E-state index contributed by atoms with van der Waals surface area (Å²) in [5.74, 6) is 0. The van der Waals surface area contributed by atoms with Crippen LogP contribution in [0.2, 0.25) is 0 Å². The molecular weight excluding hydrogens is 183 g/mol. The van der Waals surface area contributed by atoms with E-state index in [1.807, 2.05) is 12.1 Å². The summed E-state index contributed by atoms with van der Waals surface area (Å²) in [6.07, 6.45) is 0. The van der Waals surface area contributed by atoms with Crippen LogP contribution in [0.4, 0.5) is 0 Å². The summed E-state index contributed by atoms with van der Waals surface area (Å²) in [5.41, 5.74) is 2.47. The molecule has 2 rings (SSSR count). The van der Waals surface area contributed by atoms with Crippen LogP contribution in [0, 0.1) is 0 Å². The molecule has 0 unspecified atom stereocenters. The molecule has 1 heterocycles. The summed E-state index contributed by atoms with van der Waals surface area (Å²) < 4.78 is 9.70. The Morgan fingerprint density at radius 3 is 3.29 bits per heavy atom. The van der Waals surface area contributed by atoms with Crippen molar-refractivity contribution in [2.24, 2.45) is 0 Å². The molecule has 72 valence electrons. The van der Waals surface area contributed by atoms with Crippen molar-refractivity contribution < 1.29 is 19.2 Å². The Bertz CT molecular complexity index is 353. The van der Waals surface area contributed by atoms with Crippen LogP contribution in [0.25, 0.3) is 0 Å². The summed E-state index contributed by atoms with van der Waals surface area (Å²) >= 11 is 0. The molecular formula is C9H9BO4. The molecule has 5 heteroatoms. The summed E-state index contributed by atoms with van der Waals surface area (Å²) in [6.45, 7) is 0.972. The molecule has 4 nitrogen and oxygen atoms in total. The molecule has 1 aromatic carbocycles. The standard InChI is InChI=1S/C9H9BO4/c11-6-13-4-7-2-1-3-8-5-14-10(12)9(7)8/h1-3,6,12H,4-5H2. The zero-order valence-electron chi connectivity index (χ0n) is 7.47. The van der Waals surface area contributed by atoms with Gasteiger partial charge in [-0.05, 0) is 16.6 Å². The average molecular weight is 192 g/mol. The highest BCUT2D eigenvalue weighted by molar-refractivity contribution is 6.62. The van der Waals surface area contributed by atoms with Gasteiger partial charge in [0.15, 0.2) is 0 Å². The van der Waals surface area contributed by atoms with Crippen molar-refractivity contribution in [3.8, 4) is 0 Å². The van der Waals surface area contributed by atoms with E-state index < -0.39 is 7.12 Å². The van der Waals surface area contributed by atoms with Crippen molar-refractivity contribution in [3.05, 3.63) is 29.3 Å². The Hall–Kier alpha value is -1.33. The maximum Gasteiger partial charge on any atom is 0.492 e. The van der Waals surface area contributed by atoms with Crippen molar-refractivity contribution in [2.45, 2.75) is 13.2 Å². The van der Waals surface area contributed by atoms with Gasteiger partial charge < -0.3 is 14.4 Å². The lowest BCUT2D eigenvalue weighted by atomic mass is 9.76. The van der Waals surface area contributed by atoms with E-state index in [9.17, 15) is 9.82 Å². The number of hydrogen-bond acceptors (Lipinski definition) is 4. The molecule has 0 fully saturated rings.